The first-order chi connectivity index (χ1) is 13.8. The average Bonchev–Trinajstić information content (AvgIpc) is 2.97. The molecule has 0 N–H and O–H groups in total. The summed E-state index contributed by atoms with van der Waals surface area (Å²) in [5.41, 5.74) is 3.61. The van der Waals surface area contributed by atoms with Crippen molar-refractivity contribution < 1.29 is 14.0 Å². The quantitative estimate of drug-likeness (QED) is 0.472. The number of nitrogens with zero attached hydrogens (tertiary/aromatic N) is 4. The van der Waals surface area contributed by atoms with Crippen LogP contribution in [0.3, 0.4) is 0 Å². The fourth-order valence-corrected chi connectivity index (χ4v) is 3.09. The standard InChI is InChI=1S/C21H23FN4O3/c1-13-9-10-18(22)17(11-13)15(3)24-29-12-16-8-6-7-14(2)19(16)26-20(28-5)23-25(4)21(26)27/h6-11H,12H2,1-5H3/b24-15+. The lowest BCUT2D eigenvalue weighted by molar-refractivity contribution is 0.130. The molecule has 0 radical (unpaired) electrons. The highest BCUT2D eigenvalue weighted by Crippen LogP contribution is 2.23. The molecule has 0 fully saturated rings. The maximum Gasteiger partial charge on any atom is 0.353 e. The van der Waals surface area contributed by atoms with Crippen molar-refractivity contribution >= 4 is 5.71 Å². The largest absolute Gasteiger partial charge is 0.467 e. The Kier molecular flexibility index (Phi) is 5.81. The van der Waals surface area contributed by atoms with Crippen molar-refractivity contribution in [2.24, 2.45) is 12.2 Å². The normalized spacial score (nSPS) is 11.6. The summed E-state index contributed by atoms with van der Waals surface area (Å²) in [4.78, 5) is 18.1. The van der Waals surface area contributed by atoms with E-state index in [2.05, 4.69) is 10.3 Å². The first-order valence-corrected chi connectivity index (χ1v) is 9.05. The van der Waals surface area contributed by atoms with Gasteiger partial charge in [0.15, 0.2) is 0 Å². The molecule has 8 heteroatoms. The molecule has 0 bridgehead atoms. The van der Waals surface area contributed by atoms with Crippen molar-refractivity contribution in [3.8, 4) is 11.7 Å². The van der Waals surface area contributed by atoms with Crippen molar-refractivity contribution in [1.29, 1.82) is 0 Å². The zero-order valence-electron chi connectivity index (χ0n) is 17.1. The predicted molar refractivity (Wildman–Crippen MR) is 108 cm³/mol. The Morgan fingerprint density at radius 2 is 2.00 bits per heavy atom. The van der Waals surface area contributed by atoms with Crippen LogP contribution in [0.2, 0.25) is 0 Å². The minimum Gasteiger partial charge on any atom is -0.467 e. The van der Waals surface area contributed by atoms with E-state index in [0.29, 0.717) is 17.0 Å². The van der Waals surface area contributed by atoms with Gasteiger partial charge in [-0.15, -0.1) is 5.10 Å². The van der Waals surface area contributed by atoms with Crippen LogP contribution >= 0.6 is 0 Å². The Morgan fingerprint density at radius 3 is 2.72 bits per heavy atom. The molecule has 2 aromatic carbocycles. The number of aryl methyl sites for hydroxylation is 3. The number of rotatable bonds is 6. The number of methoxy groups -OCH3 is 1. The maximum atomic E-state index is 14.0. The number of benzene rings is 2. The van der Waals surface area contributed by atoms with E-state index in [1.807, 2.05) is 32.0 Å². The first kappa shape index (κ1) is 20.3. The molecule has 152 valence electrons. The second-order valence-corrected chi connectivity index (χ2v) is 6.74. The van der Waals surface area contributed by atoms with Crippen molar-refractivity contribution in [2.75, 3.05) is 7.11 Å². The van der Waals surface area contributed by atoms with Gasteiger partial charge in [-0.2, -0.15) is 0 Å². The van der Waals surface area contributed by atoms with Gasteiger partial charge in [-0.3, -0.25) is 0 Å². The SMILES string of the molecule is COc1nn(C)c(=O)n1-c1c(C)cccc1CO/N=C(\C)c1cc(C)ccc1F. The van der Waals surface area contributed by atoms with Crippen LogP contribution in [-0.2, 0) is 18.5 Å². The summed E-state index contributed by atoms with van der Waals surface area (Å²) in [5, 5.41) is 8.15. The van der Waals surface area contributed by atoms with E-state index in [0.717, 1.165) is 16.7 Å². The number of halogens is 1. The summed E-state index contributed by atoms with van der Waals surface area (Å²) in [6, 6.07) is 10.6. The molecule has 0 saturated carbocycles. The Balaban J connectivity index is 1.93. The Hall–Kier alpha value is -3.42. The van der Waals surface area contributed by atoms with Gasteiger partial charge in [0.1, 0.15) is 12.4 Å². The minimum absolute atomic E-state index is 0.0896. The molecule has 29 heavy (non-hydrogen) atoms. The maximum absolute atomic E-state index is 14.0. The molecule has 0 spiro atoms. The lowest BCUT2D eigenvalue weighted by Gasteiger charge is -2.13. The lowest BCUT2D eigenvalue weighted by atomic mass is 10.1. The molecule has 1 aromatic heterocycles. The predicted octanol–water partition coefficient (Wildman–Crippen LogP) is 3.28. The number of hydrogen-bond acceptors (Lipinski definition) is 5. The van der Waals surface area contributed by atoms with Crippen LogP contribution in [0.5, 0.6) is 6.01 Å². The van der Waals surface area contributed by atoms with E-state index in [1.54, 1.807) is 26.1 Å². The molecule has 0 amide bonds. The zero-order chi connectivity index (χ0) is 21.1. The van der Waals surface area contributed by atoms with Gasteiger partial charge in [-0.25, -0.2) is 18.4 Å². The fraction of sp³-hybridized carbons (Fsp3) is 0.286. The highest BCUT2D eigenvalue weighted by Gasteiger charge is 2.19. The first-order valence-electron chi connectivity index (χ1n) is 9.05. The van der Waals surface area contributed by atoms with Gasteiger partial charge in [0.05, 0.1) is 18.5 Å². The van der Waals surface area contributed by atoms with Crippen molar-refractivity contribution in [3.63, 3.8) is 0 Å². The molecule has 7 nitrogen and oxygen atoms in total. The van der Waals surface area contributed by atoms with Crippen LogP contribution in [0.25, 0.3) is 5.69 Å². The summed E-state index contributed by atoms with van der Waals surface area (Å²) >= 11 is 0. The highest BCUT2D eigenvalue weighted by molar-refractivity contribution is 5.98. The van der Waals surface area contributed by atoms with Gasteiger partial charge in [0, 0.05) is 18.2 Å². The molecule has 0 aliphatic heterocycles. The Morgan fingerprint density at radius 1 is 1.24 bits per heavy atom. The van der Waals surface area contributed by atoms with Crippen molar-refractivity contribution in [2.45, 2.75) is 27.4 Å². The van der Waals surface area contributed by atoms with E-state index in [-0.39, 0.29) is 24.1 Å². The molecule has 0 aliphatic carbocycles. The van der Waals surface area contributed by atoms with Gasteiger partial charge in [-0.1, -0.05) is 35.0 Å². The lowest BCUT2D eigenvalue weighted by Crippen LogP contribution is -2.23. The molecule has 3 rings (SSSR count). The highest BCUT2D eigenvalue weighted by atomic mass is 19.1. The number of oxime groups is 1. The minimum atomic E-state index is -0.358. The molecule has 0 atom stereocenters. The second kappa shape index (κ2) is 8.30. The van der Waals surface area contributed by atoms with Crippen molar-refractivity contribution in [3.05, 3.63) is 75.0 Å². The van der Waals surface area contributed by atoms with Crippen LogP contribution in [0, 0.1) is 19.7 Å². The van der Waals surface area contributed by atoms with Gasteiger partial charge in [0.25, 0.3) is 0 Å². The smallest absolute Gasteiger partial charge is 0.353 e. The summed E-state index contributed by atoms with van der Waals surface area (Å²) in [6.07, 6.45) is 0. The summed E-state index contributed by atoms with van der Waals surface area (Å²) < 4.78 is 21.9. The Bertz CT molecular complexity index is 1130. The molecule has 0 saturated heterocycles. The van der Waals surface area contributed by atoms with Crippen LogP contribution in [-0.4, -0.2) is 27.2 Å². The summed E-state index contributed by atoms with van der Waals surface area (Å²) in [6.45, 7) is 5.54. The van der Waals surface area contributed by atoms with E-state index in [4.69, 9.17) is 9.57 Å². The molecule has 3 aromatic rings. The third kappa shape index (κ3) is 4.06. The van der Waals surface area contributed by atoms with Crippen LogP contribution in [0.4, 0.5) is 4.39 Å². The van der Waals surface area contributed by atoms with Crippen LogP contribution in [0.15, 0.2) is 46.3 Å². The van der Waals surface area contributed by atoms with Gasteiger partial charge in [-0.05, 0) is 38.5 Å². The monoisotopic (exact) mass is 398 g/mol. The molecule has 1 heterocycles. The van der Waals surface area contributed by atoms with E-state index >= 15 is 0 Å². The van der Waals surface area contributed by atoms with Gasteiger partial charge < -0.3 is 9.57 Å². The molecular formula is C21H23FN4O3. The molecular weight excluding hydrogens is 375 g/mol. The van der Waals surface area contributed by atoms with Gasteiger partial charge >= 0.3 is 11.7 Å². The number of para-hydroxylation sites is 1. The van der Waals surface area contributed by atoms with Gasteiger partial charge in [0.2, 0.25) is 0 Å². The van der Waals surface area contributed by atoms with E-state index < -0.39 is 0 Å². The van der Waals surface area contributed by atoms with Crippen molar-refractivity contribution in [1.82, 2.24) is 14.3 Å². The van der Waals surface area contributed by atoms with Crippen LogP contribution in [0.1, 0.15) is 29.2 Å². The van der Waals surface area contributed by atoms with E-state index in [1.165, 1.54) is 22.4 Å². The van der Waals surface area contributed by atoms with E-state index in [9.17, 15) is 9.18 Å². The average molecular weight is 398 g/mol. The summed E-state index contributed by atoms with van der Waals surface area (Å²) in [7, 11) is 3.01. The topological polar surface area (TPSA) is 70.6 Å². The molecule has 0 aliphatic rings. The zero-order valence-corrected chi connectivity index (χ0v) is 17.1. The Labute approximate surface area is 168 Å². The molecule has 0 unspecified atom stereocenters. The fourth-order valence-electron chi connectivity index (χ4n) is 3.09. The summed E-state index contributed by atoms with van der Waals surface area (Å²) in [5.74, 6) is -0.358. The number of hydrogen-bond donors (Lipinski definition) is 0. The number of ether oxygens (including phenoxy) is 1. The number of aromatic nitrogens is 3. The third-order valence-electron chi connectivity index (χ3n) is 4.56. The third-order valence-corrected chi connectivity index (χ3v) is 4.56. The second-order valence-electron chi connectivity index (χ2n) is 6.74. The van der Waals surface area contributed by atoms with Crippen LogP contribution < -0.4 is 10.4 Å².